The second-order valence-electron chi connectivity index (χ2n) is 10.5. The first-order valence-corrected chi connectivity index (χ1v) is 13.3. The van der Waals surface area contributed by atoms with Crippen LogP contribution in [-0.2, 0) is 17.8 Å². The molecule has 0 bridgehead atoms. The molecule has 0 unspecified atom stereocenters. The van der Waals surface area contributed by atoms with Crippen LogP contribution in [0, 0.1) is 11.8 Å². The molecule has 8 nitrogen and oxygen atoms in total. The van der Waals surface area contributed by atoms with E-state index in [0.29, 0.717) is 24.2 Å². The van der Waals surface area contributed by atoms with Crippen LogP contribution in [-0.4, -0.2) is 98.3 Å². The largest absolute Gasteiger partial charge is 0.369 e. The summed E-state index contributed by atoms with van der Waals surface area (Å²) in [5.41, 5.74) is 2.32. The summed E-state index contributed by atoms with van der Waals surface area (Å²) >= 11 is 0. The lowest BCUT2D eigenvalue weighted by Crippen LogP contribution is -2.48. The molecule has 1 aromatic heterocycles. The third-order valence-corrected chi connectivity index (χ3v) is 8.01. The van der Waals surface area contributed by atoms with Crippen LogP contribution in [0.15, 0.2) is 40.9 Å². The van der Waals surface area contributed by atoms with Crippen LogP contribution in [0.5, 0.6) is 0 Å². The van der Waals surface area contributed by atoms with Crippen LogP contribution in [0.4, 0.5) is 5.69 Å². The zero-order valence-electron chi connectivity index (χ0n) is 21.1. The number of anilines is 1. The van der Waals surface area contributed by atoms with E-state index in [-0.39, 0.29) is 0 Å². The zero-order chi connectivity index (χ0) is 24.0. The van der Waals surface area contributed by atoms with Gasteiger partial charge in [0.2, 0.25) is 5.91 Å². The summed E-state index contributed by atoms with van der Waals surface area (Å²) in [5.74, 6) is 2.11. The van der Waals surface area contributed by atoms with E-state index in [1.54, 1.807) is 0 Å². The minimum Gasteiger partial charge on any atom is -0.369 e. The van der Waals surface area contributed by atoms with Gasteiger partial charge in [-0.2, -0.15) is 0 Å². The Balaban J connectivity index is 1.10. The Morgan fingerprint density at radius 1 is 1.03 bits per heavy atom. The van der Waals surface area contributed by atoms with E-state index in [4.69, 9.17) is 4.52 Å². The quantitative estimate of drug-likeness (QED) is 0.650. The van der Waals surface area contributed by atoms with Gasteiger partial charge in [-0.15, -0.1) is 0 Å². The number of hydrogen-bond donors (Lipinski definition) is 1. The molecule has 5 rings (SSSR count). The highest BCUT2D eigenvalue weighted by atomic mass is 16.5. The number of likely N-dealkylation sites (N-methyl/N-ethyl adjacent to an activating group) is 1. The molecule has 4 heterocycles. The summed E-state index contributed by atoms with van der Waals surface area (Å²) in [6.45, 7) is 10.5. The number of piperazine rings is 2. The predicted molar refractivity (Wildman–Crippen MR) is 137 cm³/mol. The summed E-state index contributed by atoms with van der Waals surface area (Å²) in [6, 6.07) is 12.8. The standard InChI is InChI=1S/C27H40N6O2/c1-30-9-13-33(14-10-30)27(34)18-22-7-8-28-20-23(22)17-24-19-26(35-29-24)21-31-11-15-32(16-12-31)25-5-3-2-4-6-25/h2-6,19,22-23,28H,7-18,20-21H2,1H3/t22-,23-/m0/s1. The number of aromatic nitrogens is 1. The number of carbonyl (C=O) groups is 1. The van der Waals surface area contributed by atoms with E-state index in [2.05, 4.69) is 73.5 Å². The number of rotatable bonds is 7. The van der Waals surface area contributed by atoms with E-state index in [1.807, 2.05) is 0 Å². The molecular formula is C27H40N6O2. The molecule has 3 saturated heterocycles. The van der Waals surface area contributed by atoms with Crippen LogP contribution in [0.2, 0.25) is 0 Å². The number of amides is 1. The van der Waals surface area contributed by atoms with Crippen molar-refractivity contribution in [3.8, 4) is 0 Å². The van der Waals surface area contributed by atoms with Crippen LogP contribution in [0.25, 0.3) is 0 Å². The molecule has 0 saturated carbocycles. The minimum absolute atomic E-state index is 0.325. The van der Waals surface area contributed by atoms with Crippen LogP contribution in [0.1, 0.15) is 24.3 Å². The van der Waals surface area contributed by atoms with Crippen molar-refractivity contribution in [1.29, 1.82) is 0 Å². The fraction of sp³-hybridized carbons (Fsp3) is 0.630. The Morgan fingerprint density at radius 2 is 1.80 bits per heavy atom. The van der Waals surface area contributed by atoms with Gasteiger partial charge in [0, 0.05) is 70.5 Å². The van der Waals surface area contributed by atoms with Crippen molar-refractivity contribution in [3.05, 3.63) is 47.9 Å². The third-order valence-electron chi connectivity index (χ3n) is 8.01. The maximum Gasteiger partial charge on any atom is 0.222 e. The topological polar surface area (TPSA) is 68.1 Å². The highest BCUT2D eigenvalue weighted by Crippen LogP contribution is 2.27. The number of nitrogens with one attached hydrogen (secondary N) is 1. The van der Waals surface area contributed by atoms with E-state index in [9.17, 15) is 4.79 Å². The molecule has 1 N–H and O–H groups in total. The molecule has 3 aliphatic heterocycles. The molecule has 1 aromatic carbocycles. The molecular weight excluding hydrogens is 440 g/mol. The smallest absolute Gasteiger partial charge is 0.222 e. The summed E-state index contributed by atoms with van der Waals surface area (Å²) < 4.78 is 5.74. The summed E-state index contributed by atoms with van der Waals surface area (Å²) in [4.78, 5) is 22.2. The van der Waals surface area contributed by atoms with E-state index >= 15 is 0 Å². The van der Waals surface area contributed by atoms with E-state index < -0.39 is 0 Å². The van der Waals surface area contributed by atoms with Crippen LogP contribution < -0.4 is 10.2 Å². The second kappa shape index (κ2) is 11.5. The summed E-state index contributed by atoms with van der Waals surface area (Å²) in [5, 5.41) is 7.94. The molecule has 1 amide bonds. The molecule has 0 spiro atoms. The first-order chi connectivity index (χ1) is 17.1. The summed E-state index contributed by atoms with van der Waals surface area (Å²) in [7, 11) is 2.13. The Kier molecular flexibility index (Phi) is 8.01. The SMILES string of the molecule is CN1CCN(C(=O)C[C@@H]2CCNC[C@@H]2Cc2cc(CN3CCN(c4ccccc4)CC3)on2)CC1. The van der Waals surface area contributed by atoms with Crippen molar-refractivity contribution in [2.75, 3.05) is 77.4 Å². The lowest BCUT2D eigenvalue weighted by molar-refractivity contribution is -0.134. The number of carbonyl (C=O) groups excluding carboxylic acids is 1. The first-order valence-electron chi connectivity index (χ1n) is 13.3. The average Bonchev–Trinajstić information content (AvgIpc) is 3.33. The van der Waals surface area contributed by atoms with Gasteiger partial charge in [-0.05, 0) is 56.9 Å². The van der Waals surface area contributed by atoms with E-state index in [0.717, 1.165) is 96.3 Å². The predicted octanol–water partition coefficient (Wildman–Crippen LogP) is 1.93. The van der Waals surface area contributed by atoms with Gasteiger partial charge in [0.25, 0.3) is 0 Å². The molecule has 3 fully saturated rings. The van der Waals surface area contributed by atoms with Crippen molar-refractivity contribution in [3.63, 3.8) is 0 Å². The Bertz CT molecular complexity index is 934. The van der Waals surface area contributed by atoms with Crippen molar-refractivity contribution in [1.82, 2.24) is 25.2 Å². The molecule has 35 heavy (non-hydrogen) atoms. The maximum atomic E-state index is 13.0. The highest BCUT2D eigenvalue weighted by Gasteiger charge is 2.30. The fourth-order valence-electron chi connectivity index (χ4n) is 5.71. The first kappa shape index (κ1) is 24.3. The Hall–Kier alpha value is -2.42. The monoisotopic (exact) mass is 480 g/mol. The minimum atomic E-state index is 0.325. The van der Waals surface area contributed by atoms with Crippen LogP contribution in [0.3, 0.4) is 0 Å². The maximum absolute atomic E-state index is 13.0. The Labute approximate surface area is 209 Å². The molecule has 3 aliphatic rings. The number of nitrogens with zero attached hydrogens (tertiary/aromatic N) is 5. The van der Waals surface area contributed by atoms with Crippen molar-refractivity contribution >= 4 is 11.6 Å². The van der Waals surface area contributed by atoms with Gasteiger partial charge in [-0.1, -0.05) is 23.4 Å². The van der Waals surface area contributed by atoms with Gasteiger partial charge in [0.15, 0.2) is 5.76 Å². The van der Waals surface area contributed by atoms with Gasteiger partial charge >= 0.3 is 0 Å². The van der Waals surface area contributed by atoms with E-state index in [1.165, 1.54) is 5.69 Å². The number of benzene rings is 1. The van der Waals surface area contributed by atoms with Gasteiger partial charge in [0.05, 0.1) is 12.2 Å². The van der Waals surface area contributed by atoms with Gasteiger partial charge in [-0.25, -0.2) is 0 Å². The summed E-state index contributed by atoms with van der Waals surface area (Å²) in [6.07, 6.45) is 2.59. The van der Waals surface area contributed by atoms with Crippen molar-refractivity contribution < 1.29 is 9.32 Å². The third kappa shape index (κ3) is 6.42. The van der Waals surface area contributed by atoms with Gasteiger partial charge in [-0.3, -0.25) is 9.69 Å². The van der Waals surface area contributed by atoms with Crippen LogP contribution >= 0.6 is 0 Å². The average molecular weight is 481 g/mol. The lowest BCUT2D eigenvalue weighted by Gasteiger charge is -2.36. The van der Waals surface area contributed by atoms with Crippen molar-refractivity contribution in [2.24, 2.45) is 11.8 Å². The number of hydrogen-bond acceptors (Lipinski definition) is 7. The van der Waals surface area contributed by atoms with Crippen molar-refractivity contribution in [2.45, 2.75) is 25.8 Å². The highest BCUT2D eigenvalue weighted by molar-refractivity contribution is 5.76. The normalized spacial score (nSPS) is 24.6. The number of piperidine rings is 1. The van der Waals surface area contributed by atoms with Gasteiger partial charge < -0.3 is 24.5 Å². The fourth-order valence-corrected chi connectivity index (χ4v) is 5.71. The second-order valence-corrected chi connectivity index (χ2v) is 10.5. The molecule has 8 heteroatoms. The molecule has 2 atom stereocenters. The molecule has 0 radical (unpaired) electrons. The molecule has 0 aliphatic carbocycles. The lowest BCUT2D eigenvalue weighted by atomic mass is 9.81. The van der Waals surface area contributed by atoms with Gasteiger partial charge in [0.1, 0.15) is 0 Å². The molecule has 2 aromatic rings. The molecule has 190 valence electrons. The Morgan fingerprint density at radius 3 is 2.57 bits per heavy atom. The zero-order valence-corrected chi connectivity index (χ0v) is 21.1. The number of para-hydroxylation sites is 1.